The summed E-state index contributed by atoms with van der Waals surface area (Å²) >= 11 is 0. The van der Waals surface area contributed by atoms with E-state index in [1.54, 1.807) is 18.5 Å². The first kappa shape index (κ1) is 12.4. The van der Waals surface area contributed by atoms with E-state index in [0.717, 1.165) is 22.3 Å². The van der Waals surface area contributed by atoms with Crippen LogP contribution in [0.3, 0.4) is 0 Å². The third-order valence-corrected chi connectivity index (χ3v) is 3.42. The summed E-state index contributed by atoms with van der Waals surface area (Å²) < 4.78 is 1.97. The van der Waals surface area contributed by atoms with Crippen molar-refractivity contribution in [3.63, 3.8) is 0 Å². The highest BCUT2D eigenvalue weighted by Gasteiger charge is 2.11. The lowest BCUT2D eigenvalue weighted by Crippen LogP contribution is -1.93. The summed E-state index contributed by atoms with van der Waals surface area (Å²) in [4.78, 5) is 19.5. The number of aromatic nitrogens is 3. The van der Waals surface area contributed by atoms with E-state index in [4.69, 9.17) is 0 Å². The molecule has 1 N–H and O–H groups in total. The number of nitrogens with zero attached hydrogens (tertiary/aromatic N) is 2. The van der Waals surface area contributed by atoms with Gasteiger partial charge in [0.15, 0.2) is 5.78 Å². The molecule has 0 unspecified atom stereocenters. The van der Waals surface area contributed by atoms with Crippen LogP contribution in [-0.4, -0.2) is 20.3 Å². The molecule has 0 radical (unpaired) electrons. The standard InChI is InChI=1S/C16H15N3O/c1-11-14(18-10-17-11)7-8-16(20)13-9-19(2)15-6-4-3-5-12(13)15/h3-10H,1-2H3,(H,17,18). The fourth-order valence-corrected chi connectivity index (χ4v) is 2.32. The number of hydrogen-bond donors (Lipinski definition) is 1. The van der Waals surface area contributed by atoms with E-state index < -0.39 is 0 Å². The SMILES string of the molecule is Cc1[nH]cnc1C=CC(=O)c1cn(C)c2ccccc12. The van der Waals surface area contributed by atoms with Gasteiger partial charge in [-0.3, -0.25) is 4.79 Å². The largest absolute Gasteiger partial charge is 0.350 e. The monoisotopic (exact) mass is 265 g/mol. The number of benzene rings is 1. The molecule has 0 aliphatic carbocycles. The Bertz CT molecular complexity index is 808. The highest BCUT2D eigenvalue weighted by atomic mass is 16.1. The molecule has 2 heterocycles. The summed E-state index contributed by atoms with van der Waals surface area (Å²) in [5.74, 6) is -0.0100. The van der Waals surface area contributed by atoms with Crippen LogP contribution in [0.25, 0.3) is 17.0 Å². The predicted molar refractivity (Wildman–Crippen MR) is 79.6 cm³/mol. The van der Waals surface area contributed by atoms with Gasteiger partial charge in [0.1, 0.15) is 0 Å². The van der Waals surface area contributed by atoms with Crippen molar-refractivity contribution in [2.75, 3.05) is 0 Å². The maximum atomic E-state index is 12.3. The molecule has 4 nitrogen and oxygen atoms in total. The Kier molecular flexibility index (Phi) is 2.99. The van der Waals surface area contributed by atoms with Crippen LogP contribution < -0.4 is 0 Å². The molecule has 4 heteroatoms. The minimum atomic E-state index is -0.0100. The highest BCUT2D eigenvalue weighted by Crippen LogP contribution is 2.21. The van der Waals surface area contributed by atoms with Gasteiger partial charge in [0.2, 0.25) is 0 Å². The number of carbonyl (C=O) groups excluding carboxylic acids is 1. The first-order chi connectivity index (χ1) is 9.66. The molecule has 0 spiro atoms. The van der Waals surface area contributed by atoms with E-state index in [1.165, 1.54) is 0 Å². The molecule has 3 rings (SSSR count). The van der Waals surface area contributed by atoms with Crippen molar-refractivity contribution >= 4 is 22.8 Å². The van der Waals surface area contributed by atoms with Crippen LogP contribution in [0.1, 0.15) is 21.7 Å². The van der Waals surface area contributed by atoms with Gasteiger partial charge in [0.05, 0.1) is 12.0 Å². The maximum Gasteiger partial charge on any atom is 0.188 e. The molecule has 0 fully saturated rings. The number of ketones is 1. The number of aryl methyl sites for hydroxylation is 2. The van der Waals surface area contributed by atoms with Crippen LogP contribution in [-0.2, 0) is 7.05 Å². The van der Waals surface area contributed by atoms with E-state index in [1.807, 2.05) is 49.0 Å². The average molecular weight is 265 g/mol. The molecule has 0 atom stereocenters. The second-order valence-corrected chi connectivity index (χ2v) is 4.78. The van der Waals surface area contributed by atoms with Crippen molar-refractivity contribution in [1.82, 2.24) is 14.5 Å². The second kappa shape index (κ2) is 4.81. The molecule has 20 heavy (non-hydrogen) atoms. The van der Waals surface area contributed by atoms with Gasteiger partial charge >= 0.3 is 0 Å². The maximum absolute atomic E-state index is 12.3. The van der Waals surface area contributed by atoms with Gasteiger partial charge in [-0.25, -0.2) is 4.98 Å². The molecular weight excluding hydrogens is 250 g/mol. The van der Waals surface area contributed by atoms with Gasteiger partial charge < -0.3 is 9.55 Å². The van der Waals surface area contributed by atoms with E-state index in [0.29, 0.717) is 5.56 Å². The Morgan fingerprint density at radius 3 is 2.90 bits per heavy atom. The number of aromatic amines is 1. The first-order valence-electron chi connectivity index (χ1n) is 6.43. The van der Waals surface area contributed by atoms with Crippen molar-refractivity contribution in [2.24, 2.45) is 7.05 Å². The number of hydrogen-bond acceptors (Lipinski definition) is 2. The van der Waals surface area contributed by atoms with Crippen LogP contribution in [0.5, 0.6) is 0 Å². The van der Waals surface area contributed by atoms with Gasteiger partial charge in [-0.2, -0.15) is 0 Å². The number of H-pyrrole nitrogens is 1. The molecule has 0 saturated heterocycles. The fourth-order valence-electron chi connectivity index (χ4n) is 2.32. The lowest BCUT2D eigenvalue weighted by atomic mass is 10.1. The van der Waals surface area contributed by atoms with Crippen molar-refractivity contribution in [2.45, 2.75) is 6.92 Å². The molecule has 2 aromatic heterocycles. The summed E-state index contributed by atoms with van der Waals surface area (Å²) in [6.45, 7) is 1.93. The lowest BCUT2D eigenvalue weighted by molar-refractivity contribution is 0.104. The Balaban J connectivity index is 1.97. The third-order valence-electron chi connectivity index (χ3n) is 3.42. The third kappa shape index (κ3) is 2.05. The Hall–Kier alpha value is -2.62. The van der Waals surface area contributed by atoms with E-state index in [9.17, 15) is 4.79 Å². The lowest BCUT2D eigenvalue weighted by Gasteiger charge is -1.94. The average Bonchev–Trinajstić information content (AvgIpc) is 3.01. The van der Waals surface area contributed by atoms with E-state index in [-0.39, 0.29) is 5.78 Å². The Morgan fingerprint density at radius 2 is 2.15 bits per heavy atom. The first-order valence-corrected chi connectivity index (χ1v) is 6.43. The number of nitrogens with one attached hydrogen (secondary N) is 1. The van der Waals surface area contributed by atoms with Crippen LogP contribution >= 0.6 is 0 Å². The number of fused-ring (bicyclic) bond motifs is 1. The molecule has 0 aliphatic heterocycles. The molecule has 1 aromatic carbocycles. The summed E-state index contributed by atoms with van der Waals surface area (Å²) in [5, 5.41) is 0.975. The minimum Gasteiger partial charge on any atom is -0.350 e. The van der Waals surface area contributed by atoms with Gasteiger partial charge in [-0.05, 0) is 25.1 Å². The molecule has 100 valence electrons. The van der Waals surface area contributed by atoms with Gasteiger partial charge in [0, 0.05) is 35.4 Å². The van der Waals surface area contributed by atoms with Gasteiger partial charge in [0.25, 0.3) is 0 Å². The minimum absolute atomic E-state index is 0.0100. The van der Waals surface area contributed by atoms with Crippen molar-refractivity contribution < 1.29 is 4.79 Å². The topological polar surface area (TPSA) is 50.7 Å². The number of carbonyl (C=O) groups is 1. The van der Waals surface area contributed by atoms with E-state index >= 15 is 0 Å². The number of rotatable bonds is 3. The second-order valence-electron chi connectivity index (χ2n) is 4.78. The zero-order chi connectivity index (χ0) is 14.1. The summed E-state index contributed by atoms with van der Waals surface area (Å²) in [5.41, 5.74) is 3.51. The van der Waals surface area contributed by atoms with Crippen LogP contribution in [0.4, 0.5) is 0 Å². The normalized spacial score (nSPS) is 11.5. The molecule has 0 saturated carbocycles. The smallest absolute Gasteiger partial charge is 0.188 e. The Labute approximate surface area is 116 Å². The Morgan fingerprint density at radius 1 is 1.35 bits per heavy atom. The zero-order valence-electron chi connectivity index (χ0n) is 11.4. The summed E-state index contributed by atoms with van der Waals surface area (Å²) in [7, 11) is 1.95. The fraction of sp³-hybridized carbons (Fsp3) is 0.125. The van der Waals surface area contributed by atoms with Gasteiger partial charge in [-0.1, -0.05) is 18.2 Å². The number of para-hydroxylation sites is 1. The molecule has 0 aliphatic rings. The van der Waals surface area contributed by atoms with Crippen LogP contribution in [0, 0.1) is 6.92 Å². The number of imidazole rings is 1. The molecular formula is C16H15N3O. The zero-order valence-corrected chi connectivity index (χ0v) is 11.4. The quantitative estimate of drug-likeness (QED) is 0.584. The van der Waals surface area contributed by atoms with E-state index in [2.05, 4.69) is 9.97 Å². The van der Waals surface area contributed by atoms with Crippen LogP contribution in [0.2, 0.25) is 0 Å². The highest BCUT2D eigenvalue weighted by molar-refractivity contribution is 6.14. The molecule has 0 bridgehead atoms. The van der Waals surface area contributed by atoms with Crippen LogP contribution in [0.15, 0.2) is 42.9 Å². The summed E-state index contributed by atoms with van der Waals surface area (Å²) in [6, 6.07) is 7.89. The molecule has 3 aromatic rings. The van der Waals surface area contributed by atoms with Crippen molar-refractivity contribution in [3.8, 4) is 0 Å². The molecule has 0 amide bonds. The predicted octanol–water partition coefficient (Wildman–Crippen LogP) is 3.11. The van der Waals surface area contributed by atoms with Crippen molar-refractivity contribution in [3.05, 3.63) is 59.8 Å². The van der Waals surface area contributed by atoms with Gasteiger partial charge in [-0.15, -0.1) is 0 Å². The summed E-state index contributed by atoms with van der Waals surface area (Å²) in [6.07, 6.45) is 6.81. The van der Waals surface area contributed by atoms with Crippen molar-refractivity contribution in [1.29, 1.82) is 0 Å². The number of allylic oxidation sites excluding steroid dienone is 1.